The normalized spacial score (nSPS) is 10.5. The number of benzene rings is 1. The Labute approximate surface area is 120 Å². The molecular weight excluding hydrogens is 268 g/mol. The van der Waals surface area contributed by atoms with Gasteiger partial charge in [-0.25, -0.2) is 14.8 Å². The quantitative estimate of drug-likeness (QED) is 0.767. The molecule has 0 spiro atoms. The Hall–Kier alpha value is -3.02. The minimum atomic E-state index is -0.979. The smallest absolute Gasteiger partial charge is 0.335 e. The lowest BCUT2D eigenvalue weighted by Crippen LogP contribution is -2.00. The van der Waals surface area contributed by atoms with Crippen LogP contribution in [0.5, 0.6) is 0 Å². The summed E-state index contributed by atoms with van der Waals surface area (Å²) in [6.45, 7) is 1.97. The van der Waals surface area contributed by atoms with Gasteiger partial charge >= 0.3 is 5.97 Å². The van der Waals surface area contributed by atoms with Crippen LogP contribution in [0.3, 0.4) is 0 Å². The van der Waals surface area contributed by atoms with Crippen LogP contribution in [-0.2, 0) is 0 Å². The van der Waals surface area contributed by atoms with E-state index in [2.05, 4.69) is 20.3 Å². The molecule has 6 heteroatoms. The summed E-state index contributed by atoms with van der Waals surface area (Å²) in [6, 6.07) is 6.66. The van der Waals surface area contributed by atoms with Crippen LogP contribution < -0.4 is 5.32 Å². The third-order valence-electron chi connectivity index (χ3n) is 3.18. The highest BCUT2D eigenvalue weighted by Crippen LogP contribution is 2.24. The highest BCUT2D eigenvalue weighted by atomic mass is 16.4. The molecule has 21 heavy (non-hydrogen) atoms. The first kappa shape index (κ1) is 13.0. The molecule has 0 aliphatic rings. The molecule has 1 aromatic carbocycles. The largest absolute Gasteiger partial charge is 0.478 e. The first-order valence-electron chi connectivity index (χ1n) is 6.31. The number of pyridine rings is 1. The van der Waals surface area contributed by atoms with Crippen molar-refractivity contribution < 1.29 is 9.90 Å². The summed E-state index contributed by atoms with van der Waals surface area (Å²) in [5, 5.41) is 13.0. The van der Waals surface area contributed by atoms with Gasteiger partial charge in [-0.15, -0.1) is 0 Å². The van der Waals surface area contributed by atoms with Crippen LogP contribution >= 0.6 is 0 Å². The Morgan fingerprint density at radius 3 is 2.86 bits per heavy atom. The Morgan fingerprint density at radius 2 is 2.10 bits per heavy atom. The number of hydrogen-bond donors (Lipinski definition) is 2. The summed E-state index contributed by atoms with van der Waals surface area (Å²) < 4.78 is 0. The van der Waals surface area contributed by atoms with E-state index in [9.17, 15) is 4.79 Å². The Bertz CT molecular complexity index is 833. The predicted octanol–water partition coefficient (Wildman–Crippen LogP) is 2.78. The number of aromatic carboxylic acids is 1. The van der Waals surface area contributed by atoms with Crippen LogP contribution in [0.4, 0.5) is 11.5 Å². The monoisotopic (exact) mass is 280 g/mol. The molecule has 0 bridgehead atoms. The second-order valence-corrected chi connectivity index (χ2v) is 4.57. The zero-order valence-electron chi connectivity index (χ0n) is 11.2. The van der Waals surface area contributed by atoms with Crippen molar-refractivity contribution in [2.45, 2.75) is 6.92 Å². The molecule has 2 heterocycles. The van der Waals surface area contributed by atoms with Crippen molar-refractivity contribution >= 4 is 28.4 Å². The highest BCUT2D eigenvalue weighted by Gasteiger charge is 2.09. The molecule has 0 amide bonds. The molecule has 0 unspecified atom stereocenters. The van der Waals surface area contributed by atoms with E-state index in [0.717, 1.165) is 16.6 Å². The van der Waals surface area contributed by atoms with Crippen molar-refractivity contribution in [3.05, 3.63) is 54.1 Å². The van der Waals surface area contributed by atoms with E-state index < -0.39 is 5.97 Å². The van der Waals surface area contributed by atoms with Gasteiger partial charge in [-0.05, 0) is 36.8 Å². The van der Waals surface area contributed by atoms with E-state index in [1.807, 2.05) is 13.0 Å². The number of hydrogen-bond acceptors (Lipinski definition) is 5. The Morgan fingerprint density at radius 1 is 1.24 bits per heavy atom. The van der Waals surface area contributed by atoms with Crippen molar-refractivity contribution in [2.24, 2.45) is 0 Å². The highest BCUT2D eigenvalue weighted by molar-refractivity contribution is 5.97. The number of aromatic nitrogens is 3. The van der Waals surface area contributed by atoms with E-state index in [-0.39, 0.29) is 5.56 Å². The average Bonchev–Trinajstić information content (AvgIpc) is 2.49. The number of rotatable bonds is 3. The number of fused-ring (bicyclic) bond motifs is 1. The topological polar surface area (TPSA) is 88.0 Å². The summed E-state index contributed by atoms with van der Waals surface area (Å²) in [7, 11) is 0. The molecule has 104 valence electrons. The van der Waals surface area contributed by atoms with Gasteiger partial charge in [0.2, 0.25) is 0 Å². The van der Waals surface area contributed by atoms with Crippen molar-refractivity contribution in [1.82, 2.24) is 15.0 Å². The lowest BCUT2D eigenvalue weighted by Gasteiger charge is -2.10. The minimum Gasteiger partial charge on any atom is -0.478 e. The molecule has 0 radical (unpaired) electrons. The maximum atomic E-state index is 11.0. The first-order valence-corrected chi connectivity index (χ1v) is 6.31. The number of aryl methyl sites for hydroxylation is 1. The number of carboxylic acid groups (broad SMARTS) is 1. The third kappa shape index (κ3) is 2.51. The SMILES string of the molecule is Cc1ccncc1Nc1ncnc2cc(C(=O)O)ccc12. The van der Waals surface area contributed by atoms with Gasteiger partial charge in [0.15, 0.2) is 0 Å². The van der Waals surface area contributed by atoms with Gasteiger partial charge in [-0.2, -0.15) is 0 Å². The molecule has 2 N–H and O–H groups in total. The Balaban J connectivity index is 2.07. The molecule has 3 rings (SSSR count). The van der Waals surface area contributed by atoms with E-state index in [4.69, 9.17) is 5.11 Å². The Kier molecular flexibility index (Phi) is 3.19. The molecule has 0 aliphatic heterocycles. The maximum Gasteiger partial charge on any atom is 0.335 e. The molecule has 0 atom stereocenters. The predicted molar refractivity (Wildman–Crippen MR) is 78.8 cm³/mol. The van der Waals surface area contributed by atoms with Crippen LogP contribution in [0.1, 0.15) is 15.9 Å². The molecule has 0 saturated carbocycles. The fourth-order valence-electron chi connectivity index (χ4n) is 2.01. The van der Waals surface area contributed by atoms with Crippen LogP contribution in [0.15, 0.2) is 43.0 Å². The molecule has 0 fully saturated rings. The van der Waals surface area contributed by atoms with Gasteiger partial charge in [0.1, 0.15) is 12.1 Å². The zero-order valence-corrected chi connectivity index (χ0v) is 11.2. The van der Waals surface area contributed by atoms with E-state index >= 15 is 0 Å². The van der Waals surface area contributed by atoms with Crippen molar-refractivity contribution in [3.8, 4) is 0 Å². The van der Waals surface area contributed by atoms with E-state index in [0.29, 0.717) is 11.3 Å². The van der Waals surface area contributed by atoms with Gasteiger partial charge < -0.3 is 10.4 Å². The number of nitrogens with zero attached hydrogens (tertiary/aromatic N) is 3. The van der Waals surface area contributed by atoms with Crippen LogP contribution in [0, 0.1) is 6.92 Å². The standard InChI is InChI=1S/C15H12N4O2/c1-9-4-5-16-7-13(9)19-14-11-3-2-10(15(20)21)6-12(11)17-8-18-14/h2-8H,1H3,(H,20,21)(H,17,18,19). The summed E-state index contributed by atoms with van der Waals surface area (Å²) in [5.74, 6) is -0.360. The molecule has 0 aliphatic carbocycles. The summed E-state index contributed by atoms with van der Waals surface area (Å²) >= 11 is 0. The van der Waals surface area contributed by atoms with Gasteiger partial charge in [-0.3, -0.25) is 4.98 Å². The lowest BCUT2D eigenvalue weighted by molar-refractivity contribution is 0.0697. The van der Waals surface area contributed by atoms with Crippen LogP contribution in [0.2, 0.25) is 0 Å². The van der Waals surface area contributed by atoms with Gasteiger partial charge in [0.05, 0.1) is 23.0 Å². The molecule has 2 aromatic heterocycles. The molecule has 6 nitrogen and oxygen atoms in total. The fourth-order valence-corrected chi connectivity index (χ4v) is 2.01. The van der Waals surface area contributed by atoms with Gasteiger partial charge in [-0.1, -0.05) is 0 Å². The second-order valence-electron chi connectivity index (χ2n) is 4.57. The maximum absolute atomic E-state index is 11.0. The van der Waals surface area contributed by atoms with Gasteiger partial charge in [0.25, 0.3) is 0 Å². The second kappa shape index (κ2) is 5.16. The first-order chi connectivity index (χ1) is 10.1. The summed E-state index contributed by atoms with van der Waals surface area (Å²) in [5.41, 5.74) is 2.66. The molecule has 3 aromatic rings. The molecular formula is C15H12N4O2. The summed E-state index contributed by atoms with van der Waals surface area (Å²) in [4.78, 5) is 23.4. The number of nitrogens with one attached hydrogen (secondary N) is 1. The van der Waals surface area contributed by atoms with Crippen molar-refractivity contribution in [3.63, 3.8) is 0 Å². The van der Waals surface area contributed by atoms with E-state index in [1.165, 1.54) is 18.5 Å². The van der Waals surface area contributed by atoms with Gasteiger partial charge in [0, 0.05) is 11.6 Å². The number of carboxylic acids is 1. The van der Waals surface area contributed by atoms with Crippen LogP contribution in [-0.4, -0.2) is 26.0 Å². The fraction of sp³-hybridized carbons (Fsp3) is 0.0667. The molecule has 0 saturated heterocycles. The third-order valence-corrected chi connectivity index (χ3v) is 3.18. The summed E-state index contributed by atoms with van der Waals surface area (Å²) in [6.07, 6.45) is 4.84. The van der Waals surface area contributed by atoms with E-state index in [1.54, 1.807) is 18.5 Å². The number of anilines is 2. The number of carbonyl (C=O) groups is 1. The van der Waals surface area contributed by atoms with Crippen molar-refractivity contribution in [1.29, 1.82) is 0 Å². The minimum absolute atomic E-state index is 0.199. The average molecular weight is 280 g/mol. The van der Waals surface area contributed by atoms with Crippen molar-refractivity contribution in [2.75, 3.05) is 5.32 Å². The zero-order chi connectivity index (χ0) is 14.8. The van der Waals surface area contributed by atoms with Crippen LogP contribution in [0.25, 0.3) is 10.9 Å². The lowest BCUT2D eigenvalue weighted by atomic mass is 10.1.